The SMILES string of the molecule is C/C1=C/[C@H]2OC(=O)[C@@H](C)[C@@H]2CC/C(C)=C/C[C@@H]1O[C@@H]1O[C@H](CO)[C@@H](O)[C@H](O)[C@H]1O. The van der Waals surface area contributed by atoms with Crippen LogP contribution in [0.3, 0.4) is 0 Å². The van der Waals surface area contributed by atoms with Crippen LogP contribution in [-0.2, 0) is 19.0 Å². The molecule has 0 aromatic rings. The summed E-state index contributed by atoms with van der Waals surface area (Å²) in [6.45, 7) is 5.28. The minimum Gasteiger partial charge on any atom is -0.458 e. The minimum atomic E-state index is -1.49. The average molecular weight is 412 g/mol. The number of rotatable bonds is 3. The van der Waals surface area contributed by atoms with Crippen LogP contribution in [0.25, 0.3) is 0 Å². The van der Waals surface area contributed by atoms with E-state index in [1.54, 1.807) is 0 Å². The lowest BCUT2D eigenvalue weighted by Crippen LogP contribution is -2.59. The number of aliphatic hydroxyl groups is 4. The molecule has 1 aliphatic carbocycles. The number of carbonyl (C=O) groups excluding carboxylic acids is 1. The number of carbonyl (C=O) groups is 1. The second-order valence-electron chi connectivity index (χ2n) is 8.41. The van der Waals surface area contributed by atoms with E-state index in [2.05, 4.69) is 6.08 Å². The molecule has 29 heavy (non-hydrogen) atoms. The van der Waals surface area contributed by atoms with Crippen molar-refractivity contribution < 1.29 is 39.4 Å². The van der Waals surface area contributed by atoms with Gasteiger partial charge in [0.2, 0.25) is 0 Å². The number of fused-ring (bicyclic) bond motifs is 1. The summed E-state index contributed by atoms with van der Waals surface area (Å²) in [4.78, 5) is 12.1. The lowest BCUT2D eigenvalue weighted by molar-refractivity contribution is -0.308. The average Bonchev–Trinajstić information content (AvgIpc) is 2.95. The fourth-order valence-electron chi connectivity index (χ4n) is 4.22. The Bertz CT molecular complexity index is 657. The molecule has 8 nitrogen and oxygen atoms in total. The Labute approximate surface area is 170 Å². The molecule has 164 valence electrons. The summed E-state index contributed by atoms with van der Waals surface area (Å²) in [6, 6.07) is 0. The maximum Gasteiger partial charge on any atom is 0.309 e. The summed E-state index contributed by atoms with van der Waals surface area (Å²) >= 11 is 0. The number of aliphatic hydroxyl groups excluding tert-OH is 4. The second-order valence-corrected chi connectivity index (χ2v) is 8.41. The first-order valence-corrected chi connectivity index (χ1v) is 10.2. The van der Waals surface area contributed by atoms with Crippen LogP contribution in [0, 0.1) is 11.8 Å². The molecule has 0 aromatic carbocycles. The van der Waals surface area contributed by atoms with Gasteiger partial charge in [0.05, 0.1) is 18.6 Å². The highest BCUT2D eigenvalue weighted by atomic mass is 16.7. The van der Waals surface area contributed by atoms with Crippen LogP contribution < -0.4 is 0 Å². The molecule has 0 unspecified atom stereocenters. The van der Waals surface area contributed by atoms with Gasteiger partial charge in [-0.15, -0.1) is 0 Å². The predicted molar refractivity (Wildman–Crippen MR) is 103 cm³/mol. The smallest absolute Gasteiger partial charge is 0.309 e. The lowest BCUT2D eigenvalue weighted by atomic mass is 9.84. The third kappa shape index (κ3) is 4.73. The van der Waals surface area contributed by atoms with Crippen molar-refractivity contribution in [3.05, 3.63) is 23.3 Å². The van der Waals surface area contributed by atoms with E-state index in [-0.39, 0.29) is 23.9 Å². The van der Waals surface area contributed by atoms with Gasteiger partial charge in [-0.1, -0.05) is 18.6 Å². The van der Waals surface area contributed by atoms with Crippen molar-refractivity contribution in [1.29, 1.82) is 0 Å². The highest BCUT2D eigenvalue weighted by Crippen LogP contribution is 2.36. The molecule has 0 bridgehead atoms. The van der Waals surface area contributed by atoms with Crippen LogP contribution >= 0.6 is 0 Å². The Kier molecular flexibility index (Phi) is 7.14. The number of allylic oxidation sites excluding steroid dienone is 1. The molecule has 2 fully saturated rings. The van der Waals surface area contributed by atoms with E-state index < -0.39 is 43.4 Å². The first-order valence-electron chi connectivity index (χ1n) is 10.2. The highest BCUT2D eigenvalue weighted by Gasteiger charge is 2.45. The summed E-state index contributed by atoms with van der Waals surface area (Å²) in [5.74, 6) is -0.274. The van der Waals surface area contributed by atoms with Gasteiger partial charge in [-0.2, -0.15) is 0 Å². The number of hydrogen-bond donors (Lipinski definition) is 4. The van der Waals surface area contributed by atoms with Crippen LogP contribution in [0.2, 0.25) is 0 Å². The van der Waals surface area contributed by atoms with E-state index in [4.69, 9.17) is 14.2 Å². The van der Waals surface area contributed by atoms with Gasteiger partial charge >= 0.3 is 5.97 Å². The summed E-state index contributed by atoms with van der Waals surface area (Å²) in [5.41, 5.74) is 2.00. The van der Waals surface area contributed by atoms with Crippen molar-refractivity contribution in [1.82, 2.24) is 0 Å². The van der Waals surface area contributed by atoms with Gasteiger partial charge in [-0.25, -0.2) is 0 Å². The molecule has 9 atom stereocenters. The lowest BCUT2D eigenvalue weighted by Gasteiger charge is -2.41. The summed E-state index contributed by atoms with van der Waals surface area (Å²) in [7, 11) is 0. The van der Waals surface area contributed by atoms with Crippen molar-refractivity contribution in [3.63, 3.8) is 0 Å². The zero-order chi connectivity index (χ0) is 21.3. The number of ether oxygens (including phenoxy) is 3. The molecule has 2 heterocycles. The Hall–Kier alpha value is -1.29. The van der Waals surface area contributed by atoms with Gasteiger partial charge in [0, 0.05) is 5.92 Å². The molecule has 3 rings (SSSR count). The van der Waals surface area contributed by atoms with E-state index >= 15 is 0 Å². The first-order chi connectivity index (χ1) is 13.7. The van der Waals surface area contributed by atoms with Crippen LogP contribution in [0.5, 0.6) is 0 Å². The number of hydrogen-bond acceptors (Lipinski definition) is 8. The minimum absolute atomic E-state index is 0.0896. The highest BCUT2D eigenvalue weighted by molar-refractivity contribution is 5.75. The zero-order valence-electron chi connectivity index (χ0n) is 17.1. The van der Waals surface area contributed by atoms with Crippen molar-refractivity contribution in [3.8, 4) is 0 Å². The normalized spacial score (nSPS) is 47.4. The van der Waals surface area contributed by atoms with Gasteiger partial charge in [-0.3, -0.25) is 4.79 Å². The van der Waals surface area contributed by atoms with Gasteiger partial charge in [-0.05, 0) is 44.8 Å². The van der Waals surface area contributed by atoms with E-state index in [1.165, 1.54) is 5.57 Å². The van der Waals surface area contributed by atoms with Crippen LogP contribution in [-0.4, -0.2) is 75.9 Å². The van der Waals surface area contributed by atoms with Crippen molar-refractivity contribution >= 4 is 5.97 Å². The molecule has 0 saturated carbocycles. The fourth-order valence-corrected chi connectivity index (χ4v) is 4.22. The topological polar surface area (TPSA) is 126 Å². The summed E-state index contributed by atoms with van der Waals surface area (Å²) in [5, 5.41) is 39.6. The molecule has 8 heteroatoms. The van der Waals surface area contributed by atoms with Crippen molar-refractivity contribution in [2.45, 2.75) is 82.9 Å². The van der Waals surface area contributed by atoms with E-state index in [0.717, 1.165) is 18.4 Å². The van der Waals surface area contributed by atoms with Crippen LogP contribution in [0.15, 0.2) is 23.3 Å². The van der Waals surface area contributed by atoms with Gasteiger partial charge < -0.3 is 34.6 Å². The molecular formula is C21H32O8. The Morgan fingerprint density at radius 2 is 1.90 bits per heavy atom. The molecule has 2 aliphatic heterocycles. The molecule has 0 aromatic heterocycles. The van der Waals surface area contributed by atoms with E-state index in [1.807, 2.05) is 26.8 Å². The molecule has 3 aliphatic rings. The third-order valence-electron chi connectivity index (χ3n) is 6.32. The largest absolute Gasteiger partial charge is 0.458 e. The molecule has 2 saturated heterocycles. The second kappa shape index (κ2) is 9.24. The Morgan fingerprint density at radius 1 is 1.17 bits per heavy atom. The van der Waals surface area contributed by atoms with E-state index in [0.29, 0.717) is 6.42 Å². The fraction of sp³-hybridized carbons (Fsp3) is 0.762. The molecule has 0 spiro atoms. The standard InChI is InChI=1S/C21H32O8/c1-10-4-6-13-12(3)20(26)27-15(13)8-11(2)14(7-5-10)28-21-19(25)18(24)17(23)16(9-22)29-21/h5,8,12-19,21-25H,4,6-7,9H2,1-3H3/b10-5+,11-8-/t12-,13-,14-,15+,16+,17+,18-,19+,21+/m0/s1. The van der Waals surface area contributed by atoms with Crippen molar-refractivity contribution in [2.24, 2.45) is 11.8 Å². The molecular weight excluding hydrogens is 380 g/mol. The van der Waals surface area contributed by atoms with Gasteiger partial charge in [0.1, 0.15) is 30.5 Å². The Balaban J connectivity index is 1.82. The monoisotopic (exact) mass is 412 g/mol. The molecule has 0 radical (unpaired) electrons. The number of esters is 1. The quantitative estimate of drug-likeness (QED) is 0.388. The predicted octanol–water partition coefficient (Wildman–Crippen LogP) is 0.426. The maximum atomic E-state index is 12.1. The third-order valence-corrected chi connectivity index (χ3v) is 6.32. The summed E-state index contributed by atoms with van der Waals surface area (Å²) < 4.78 is 17.0. The molecule has 4 N–H and O–H groups in total. The Morgan fingerprint density at radius 3 is 2.59 bits per heavy atom. The van der Waals surface area contributed by atoms with Crippen LogP contribution in [0.1, 0.15) is 40.0 Å². The summed E-state index contributed by atoms with van der Waals surface area (Å²) in [6.07, 6.45) is -1.25. The van der Waals surface area contributed by atoms with Crippen LogP contribution in [0.4, 0.5) is 0 Å². The zero-order valence-corrected chi connectivity index (χ0v) is 17.1. The first kappa shape index (κ1) is 22.4. The van der Waals surface area contributed by atoms with Gasteiger partial charge in [0.25, 0.3) is 0 Å². The van der Waals surface area contributed by atoms with Crippen molar-refractivity contribution in [2.75, 3.05) is 6.61 Å². The van der Waals surface area contributed by atoms with E-state index in [9.17, 15) is 25.2 Å². The molecule has 0 amide bonds. The maximum absolute atomic E-state index is 12.1. The van der Waals surface area contributed by atoms with Gasteiger partial charge in [0.15, 0.2) is 6.29 Å².